The Morgan fingerprint density at radius 1 is 1.26 bits per heavy atom. The Morgan fingerprint density at radius 2 is 1.89 bits per heavy atom. The summed E-state index contributed by atoms with van der Waals surface area (Å²) in [5, 5.41) is 55.8. The molecule has 1 aliphatic heterocycles. The second-order valence-electron chi connectivity index (χ2n) is 4.23. The van der Waals surface area contributed by atoms with Crippen molar-refractivity contribution in [1.82, 2.24) is 0 Å². The minimum Gasteiger partial charge on any atom is -0.394 e. The van der Waals surface area contributed by atoms with Crippen LogP contribution in [0.15, 0.2) is 0 Å². The summed E-state index contributed by atoms with van der Waals surface area (Å²) in [6, 6.07) is 0. The Kier molecular flexibility index (Phi) is 6.23. The Morgan fingerprint density at radius 3 is 2.42 bits per heavy atom. The zero-order valence-electron chi connectivity index (χ0n) is 9.94. The Bertz CT molecular complexity index is 286. The van der Waals surface area contributed by atoms with E-state index in [1.54, 1.807) is 0 Å². The van der Waals surface area contributed by atoms with E-state index < -0.39 is 49.5 Å². The maximum atomic E-state index is 10.5. The fraction of sp³-hybridized carbons (Fsp3) is 0.900. The van der Waals surface area contributed by atoms with E-state index in [9.17, 15) is 30.3 Å². The van der Waals surface area contributed by atoms with Crippen LogP contribution in [0, 0.1) is 0 Å². The van der Waals surface area contributed by atoms with E-state index in [1.807, 2.05) is 0 Å². The van der Waals surface area contributed by atoms with Gasteiger partial charge in [-0.3, -0.25) is 0 Å². The lowest BCUT2D eigenvalue weighted by Crippen LogP contribution is -2.56. The summed E-state index contributed by atoms with van der Waals surface area (Å²) < 4.78 is 9.88. The van der Waals surface area contributed by atoms with Crippen molar-refractivity contribution in [1.29, 1.82) is 0 Å². The van der Waals surface area contributed by atoms with Crippen LogP contribution in [0.4, 0.5) is 0 Å². The molecule has 0 aromatic heterocycles. The third-order valence-electron chi connectivity index (χ3n) is 2.79. The molecule has 0 spiro atoms. The van der Waals surface area contributed by atoms with Gasteiger partial charge in [-0.2, -0.15) is 0 Å². The van der Waals surface area contributed by atoms with Gasteiger partial charge >= 0.3 is 0 Å². The summed E-state index contributed by atoms with van der Waals surface area (Å²) in [7, 11) is 0. The summed E-state index contributed by atoms with van der Waals surface area (Å²) in [6.45, 7) is -1.12. The number of hydrogen-bond acceptors (Lipinski definition) is 9. The average Bonchev–Trinajstić information content (AvgIpc) is 2.42. The smallest absolute Gasteiger partial charge is 0.186 e. The molecule has 0 amide bonds. The van der Waals surface area contributed by atoms with Crippen LogP contribution in [0.1, 0.15) is 0 Å². The zero-order chi connectivity index (χ0) is 14.6. The van der Waals surface area contributed by atoms with Crippen molar-refractivity contribution in [3.63, 3.8) is 0 Å². The molecule has 19 heavy (non-hydrogen) atoms. The number of carbonyl (C=O) groups is 1. The van der Waals surface area contributed by atoms with Crippen LogP contribution in [0.25, 0.3) is 0 Å². The number of carbonyl (C=O) groups excluding carboxylic acids is 1. The minimum atomic E-state index is -1.75. The summed E-state index contributed by atoms with van der Waals surface area (Å²) in [4.78, 5) is 10.5. The molecule has 0 bridgehead atoms. The molecule has 7 atom stereocenters. The van der Waals surface area contributed by atoms with E-state index in [2.05, 4.69) is 0 Å². The van der Waals surface area contributed by atoms with Gasteiger partial charge in [-0.1, -0.05) is 0 Å². The number of ether oxygens (including phenoxy) is 2. The maximum absolute atomic E-state index is 10.5. The van der Waals surface area contributed by atoms with Gasteiger partial charge in [0.05, 0.1) is 13.2 Å². The van der Waals surface area contributed by atoms with E-state index in [4.69, 9.17) is 14.6 Å². The molecule has 1 saturated heterocycles. The molecular formula is C10H18O9. The average molecular weight is 282 g/mol. The third-order valence-corrected chi connectivity index (χ3v) is 2.79. The lowest BCUT2D eigenvalue weighted by molar-refractivity contribution is -0.297. The third kappa shape index (κ3) is 3.91. The zero-order valence-corrected chi connectivity index (χ0v) is 9.94. The molecule has 0 aromatic carbocycles. The van der Waals surface area contributed by atoms with Gasteiger partial charge in [-0.05, 0) is 0 Å². The summed E-state index contributed by atoms with van der Waals surface area (Å²) >= 11 is 0. The van der Waals surface area contributed by atoms with Gasteiger partial charge in [0.2, 0.25) is 0 Å². The Balaban J connectivity index is 2.70. The van der Waals surface area contributed by atoms with Gasteiger partial charge in [0.15, 0.2) is 12.6 Å². The molecule has 1 rings (SSSR count). The van der Waals surface area contributed by atoms with E-state index >= 15 is 0 Å². The molecule has 1 fully saturated rings. The first kappa shape index (κ1) is 16.4. The second-order valence-corrected chi connectivity index (χ2v) is 4.23. The predicted molar refractivity (Wildman–Crippen MR) is 57.8 cm³/mol. The molecule has 9 heteroatoms. The molecule has 0 aliphatic carbocycles. The first-order chi connectivity index (χ1) is 8.92. The molecule has 6 N–H and O–H groups in total. The fourth-order valence-corrected chi connectivity index (χ4v) is 1.63. The molecule has 0 unspecified atom stereocenters. The van der Waals surface area contributed by atoms with Crippen molar-refractivity contribution in [3.8, 4) is 0 Å². The number of hydrogen-bond donors (Lipinski definition) is 6. The van der Waals surface area contributed by atoms with Crippen LogP contribution in [0.3, 0.4) is 0 Å². The molecule has 9 nitrogen and oxygen atoms in total. The summed E-state index contributed by atoms with van der Waals surface area (Å²) in [5.41, 5.74) is 0. The summed E-state index contributed by atoms with van der Waals surface area (Å²) in [6.07, 6.45) is -10.7. The largest absolute Gasteiger partial charge is 0.394 e. The highest BCUT2D eigenvalue weighted by Gasteiger charge is 2.41. The predicted octanol–water partition coefficient (Wildman–Crippen LogP) is -4.28. The van der Waals surface area contributed by atoms with Crippen molar-refractivity contribution in [2.24, 2.45) is 0 Å². The Labute approximate surface area is 108 Å². The quantitative estimate of drug-likeness (QED) is 0.265. The number of aliphatic hydroxyl groups is 6. The lowest BCUT2D eigenvalue weighted by atomic mass is 10.0. The molecule has 1 heterocycles. The van der Waals surface area contributed by atoms with E-state index in [0.29, 0.717) is 0 Å². The van der Waals surface area contributed by atoms with Gasteiger partial charge < -0.3 is 44.9 Å². The monoisotopic (exact) mass is 282 g/mol. The maximum Gasteiger partial charge on any atom is 0.186 e. The lowest BCUT2D eigenvalue weighted by Gasteiger charge is -2.37. The number of rotatable bonds is 6. The molecule has 0 radical (unpaired) electrons. The second kappa shape index (κ2) is 7.22. The van der Waals surface area contributed by atoms with Crippen molar-refractivity contribution in [3.05, 3.63) is 0 Å². The fourth-order valence-electron chi connectivity index (χ4n) is 1.63. The van der Waals surface area contributed by atoms with Crippen LogP contribution in [0.2, 0.25) is 0 Å². The van der Waals surface area contributed by atoms with Crippen molar-refractivity contribution < 1.29 is 44.9 Å². The van der Waals surface area contributed by atoms with Crippen LogP contribution < -0.4 is 0 Å². The normalized spacial score (nSPS) is 36.5. The van der Waals surface area contributed by atoms with Crippen LogP contribution in [-0.4, -0.2) is 93.1 Å². The van der Waals surface area contributed by atoms with Crippen molar-refractivity contribution >= 4 is 6.29 Å². The van der Waals surface area contributed by atoms with E-state index in [0.717, 1.165) is 0 Å². The van der Waals surface area contributed by atoms with Crippen molar-refractivity contribution in [2.45, 2.75) is 42.9 Å². The Hall–Kier alpha value is -0.650. The minimum absolute atomic E-state index is 0.0873. The molecule has 1 aliphatic rings. The van der Waals surface area contributed by atoms with Crippen LogP contribution in [0.5, 0.6) is 0 Å². The van der Waals surface area contributed by atoms with Gasteiger partial charge in [0.25, 0.3) is 0 Å². The molecule has 112 valence electrons. The SMILES string of the molecule is O=C[C@H](O)[C@@H](O[C@H]1OC[C@@H](O)[C@H](O)[C@H]1O)[C@@H](O)CO. The standard InChI is InChI=1S/C10H18O9/c11-1-4(13)9(5(14)2-12)19-10-8(17)7(16)6(15)3-18-10/h1,4-10,12-17H,2-3H2/t4-,5-,6+,7-,8+,9+,10+/m0/s1. The van der Waals surface area contributed by atoms with Crippen LogP contribution >= 0.6 is 0 Å². The molecular weight excluding hydrogens is 264 g/mol. The highest BCUT2D eigenvalue weighted by molar-refractivity contribution is 5.56. The number of aliphatic hydroxyl groups excluding tert-OH is 6. The number of aldehydes is 1. The molecule has 0 saturated carbocycles. The topological polar surface area (TPSA) is 157 Å². The van der Waals surface area contributed by atoms with Crippen LogP contribution in [-0.2, 0) is 14.3 Å². The van der Waals surface area contributed by atoms with Gasteiger partial charge in [0.1, 0.15) is 36.6 Å². The summed E-state index contributed by atoms with van der Waals surface area (Å²) in [5.74, 6) is 0. The first-order valence-electron chi connectivity index (χ1n) is 5.66. The van der Waals surface area contributed by atoms with E-state index in [1.165, 1.54) is 0 Å². The van der Waals surface area contributed by atoms with Crippen molar-refractivity contribution in [2.75, 3.05) is 13.2 Å². The van der Waals surface area contributed by atoms with E-state index in [-0.39, 0.29) is 12.9 Å². The van der Waals surface area contributed by atoms with Gasteiger partial charge in [-0.15, -0.1) is 0 Å². The highest BCUT2D eigenvalue weighted by Crippen LogP contribution is 2.19. The van der Waals surface area contributed by atoms with Gasteiger partial charge in [-0.25, -0.2) is 0 Å². The first-order valence-corrected chi connectivity index (χ1v) is 5.66. The molecule has 0 aromatic rings. The van der Waals surface area contributed by atoms with Gasteiger partial charge in [0, 0.05) is 0 Å². The highest BCUT2D eigenvalue weighted by atomic mass is 16.7.